The predicted octanol–water partition coefficient (Wildman–Crippen LogP) is -0.780. The van der Waals surface area contributed by atoms with Gasteiger partial charge in [0.1, 0.15) is 0 Å². The molecule has 0 bridgehead atoms. The summed E-state index contributed by atoms with van der Waals surface area (Å²) in [5.41, 5.74) is 4.79. The zero-order chi connectivity index (χ0) is 6.57. The Balaban J connectivity index is 3.40. The van der Waals surface area contributed by atoms with Crippen molar-refractivity contribution >= 4 is 11.9 Å². The minimum absolute atomic E-state index is 0.111. The number of rotatable bonds is 1. The van der Waals surface area contributed by atoms with E-state index in [0.717, 1.165) is 0 Å². The van der Waals surface area contributed by atoms with Crippen LogP contribution in [0.2, 0.25) is 0 Å². The van der Waals surface area contributed by atoms with E-state index in [4.69, 9.17) is 11.1 Å². The summed E-state index contributed by atoms with van der Waals surface area (Å²) in [5.74, 6) is -0.670. The van der Waals surface area contributed by atoms with Gasteiger partial charge >= 0.3 is 0 Å². The molecule has 8 heavy (non-hydrogen) atoms. The minimum Gasteiger partial charge on any atom is -0.370 e. The third kappa shape index (κ3) is 3.14. The molecule has 0 saturated heterocycles. The highest BCUT2D eigenvalue weighted by atomic mass is 16.1. The summed E-state index contributed by atoms with van der Waals surface area (Å²) in [6.07, 6.45) is 0.111. The highest BCUT2D eigenvalue weighted by Gasteiger charge is 1.94. The maximum absolute atomic E-state index is 10.2. The molecule has 0 unspecified atom stereocenters. The molecule has 4 N–H and O–H groups in total. The molecule has 0 fully saturated rings. The molecular formula is C4H8N3O. The molecule has 1 radical (unpaired) electrons. The first-order valence-electron chi connectivity index (χ1n) is 2.10. The third-order valence-corrected chi connectivity index (χ3v) is 0.501. The van der Waals surface area contributed by atoms with Gasteiger partial charge in [-0.25, -0.2) is 0 Å². The summed E-state index contributed by atoms with van der Waals surface area (Å²) < 4.78 is 0. The third-order valence-electron chi connectivity index (χ3n) is 0.501. The van der Waals surface area contributed by atoms with E-state index in [0.29, 0.717) is 0 Å². The van der Waals surface area contributed by atoms with E-state index in [-0.39, 0.29) is 18.3 Å². The van der Waals surface area contributed by atoms with Crippen LogP contribution in [0.1, 0.15) is 6.42 Å². The molecule has 1 amide bonds. The number of amides is 1. The highest BCUT2D eigenvalue weighted by molar-refractivity contribution is 5.94. The van der Waals surface area contributed by atoms with Gasteiger partial charge in [-0.2, -0.15) is 0 Å². The number of nitrogens with two attached hydrogens (primary N) is 1. The molecule has 0 saturated carbocycles. The van der Waals surface area contributed by atoms with Gasteiger partial charge in [-0.1, -0.05) is 0 Å². The summed E-state index contributed by atoms with van der Waals surface area (Å²) in [6.45, 7) is 3.27. The Morgan fingerprint density at radius 2 is 2.38 bits per heavy atom. The van der Waals surface area contributed by atoms with Crippen LogP contribution in [-0.2, 0) is 4.79 Å². The molecule has 45 valence electrons. The van der Waals surface area contributed by atoms with Gasteiger partial charge in [0.15, 0.2) is 5.96 Å². The molecule has 0 aliphatic heterocycles. The van der Waals surface area contributed by atoms with Crippen LogP contribution < -0.4 is 11.1 Å². The van der Waals surface area contributed by atoms with Crippen LogP contribution in [0.5, 0.6) is 0 Å². The summed E-state index contributed by atoms with van der Waals surface area (Å²) in [7, 11) is 0. The molecule has 0 atom stereocenters. The summed E-state index contributed by atoms with van der Waals surface area (Å²) in [5, 5.41) is 8.60. The number of carbonyl (C=O) groups excluding carboxylic acids is 1. The topological polar surface area (TPSA) is 79.0 Å². The van der Waals surface area contributed by atoms with E-state index in [2.05, 4.69) is 12.2 Å². The number of nitrogens with one attached hydrogen (secondary N) is 2. The fourth-order valence-corrected chi connectivity index (χ4v) is 0.213. The molecule has 0 aromatic rings. The Morgan fingerprint density at radius 1 is 1.88 bits per heavy atom. The van der Waals surface area contributed by atoms with E-state index in [1.165, 1.54) is 0 Å². The van der Waals surface area contributed by atoms with Crippen LogP contribution in [0, 0.1) is 12.3 Å². The van der Waals surface area contributed by atoms with Crippen molar-refractivity contribution in [1.29, 1.82) is 5.41 Å². The lowest BCUT2D eigenvalue weighted by molar-refractivity contribution is -0.118. The molecule has 4 heteroatoms. The molecule has 4 nitrogen and oxygen atoms in total. The van der Waals surface area contributed by atoms with Gasteiger partial charge in [0, 0.05) is 6.42 Å². The minimum atomic E-state index is -0.336. The predicted molar refractivity (Wildman–Crippen MR) is 30.0 cm³/mol. The van der Waals surface area contributed by atoms with Crippen LogP contribution >= 0.6 is 0 Å². The first kappa shape index (κ1) is 6.94. The van der Waals surface area contributed by atoms with Crippen LogP contribution in [0.25, 0.3) is 0 Å². The fourth-order valence-electron chi connectivity index (χ4n) is 0.213. The van der Waals surface area contributed by atoms with Crippen LogP contribution in [0.3, 0.4) is 0 Å². The van der Waals surface area contributed by atoms with Crippen molar-refractivity contribution in [3.8, 4) is 0 Å². The maximum atomic E-state index is 10.2. The van der Waals surface area contributed by atoms with Crippen molar-refractivity contribution in [3.63, 3.8) is 0 Å². The molecule has 0 aromatic heterocycles. The van der Waals surface area contributed by atoms with Crippen molar-refractivity contribution in [2.45, 2.75) is 6.42 Å². The highest BCUT2D eigenvalue weighted by Crippen LogP contribution is 1.69. The molecule has 0 aromatic carbocycles. The van der Waals surface area contributed by atoms with Gasteiger partial charge in [0.05, 0.1) is 0 Å². The van der Waals surface area contributed by atoms with E-state index in [1.54, 1.807) is 0 Å². The van der Waals surface area contributed by atoms with Gasteiger partial charge < -0.3 is 5.73 Å². The number of guanidine groups is 1. The fraction of sp³-hybridized carbons (Fsp3) is 0.250. The Kier molecular flexibility index (Phi) is 2.61. The van der Waals surface area contributed by atoms with Crippen molar-refractivity contribution in [3.05, 3.63) is 6.92 Å². The first-order valence-corrected chi connectivity index (χ1v) is 2.10. The standard InChI is InChI=1S/C4H8N3O/c1-2-3(8)7-4(5)6/h1-2H2,(H4,5,6,7,8). The van der Waals surface area contributed by atoms with Crippen molar-refractivity contribution in [1.82, 2.24) is 5.32 Å². The molecular weight excluding hydrogens is 106 g/mol. The quantitative estimate of drug-likeness (QED) is 0.309. The number of hydrogen-bond donors (Lipinski definition) is 3. The van der Waals surface area contributed by atoms with E-state index in [9.17, 15) is 4.79 Å². The van der Waals surface area contributed by atoms with E-state index in [1.807, 2.05) is 0 Å². The zero-order valence-electron chi connectivity index (χ0n) is 4.40. The monoisotopic (exact) mass is 114 g/mol. The van der Waals surface area contributed by atoms with E-state index < -0.39 is 0 Å². The number of carbonyl (C=O) groups is 1. The second kappa shape index (κ2) is 3.01. The Bertz CT molecular complexity index is 110. The van der Waals surface area contributed by atoms with E-state index >= 15 is 0 Å². The normalized spacial score (nSPS) is 8.12. The molecule has 0 aliphatic rings. The Morgan fingerprint density at radius 3 is 2.50 bits per heavy atom. The lowest BCUT2D eigenvalue weighted by Gasteiger charge is -1.95. The molecule has 0 aliphatic carbocycles. The second-order valence-corrected chi connectivity index (χ2v) is 1.21. The lowest BCUT2D eigenvalue weighted by atomic mass is 10.5. The number of hydrogen-bond acceptors (Lipinski definition) is 2. The van der Waals surface area contributed by atoms with Crippen molar-refractivity contribution < 1.29 is 4.79 Å². The second-order valence-electron chi connectivity index (χ2n) is 1.21. The average molecular weight is 114 g/mol. The summed E-state index contributed by atoms with van der Waals surface area (Å²) >= 11 is 0. The van der Waals surface area contributed by atoms with Gasteiger partial charge in [-0.05, 0) is 6.92 Å². The first-order chi connectivity index (χ1) is 3.66. The summed E-state index contributed by atoms with van der Waals surface area (Å²) in [4.78, 5) is 10.2. The SMILES string of the molecule is [CH2]CC(=O)NC(=N)N. The van der Waals surface area contributed by atoms with Gasteiger partial charge in [0.2, 0.25) is 5.91 Å². The molecule has 0 spiro atoms. The Labute approximate surface area is 47.6 Å². The molecule has 0 rings (SSSR count). The van der Waals surface area contributed by atoms with Crippen LogP contribution in [-0.4, -0.2) is 11.9 Å². The van der Waals surface area contributed by atoms with Gasteiger partial charge in [0.25, 0.3) is 0 Å². The largest absolute Gasteiger partial charge is 0.370 e. The Hall–Kier alpha value is -1.06. The smallest absolute Gasteiger partial charge is 0.226 e. The van der Waals surface area contributed by atoms with Crippen LogP contribution in [0.4, 0.5) is 0 Å². The van der Waals surface area contributed by atoms with Crippen LogP contribution in [0.15, 0.2) is 0 Å². The maximum Gasteiger partial charge on any atom is 0.226 e. The zero-order valence-corrected chi connectivity index (χ0v) is 4.40. The van der Waals surface area contributed by atoms with Crippen molar-refractivity contribution in [2.75, 3.05) is 0 Å². The summed E-state index contributed by atoms with van der Waals surface area (Å²) in [6, 6.07) is 0. The molecule has 0 heterocycles. The van der Waals surface area contributed by atoms with Crippen molar-refractivity contribution in [2.24, 2.45) is 5.73 Å². The lowest BCUT2D eigenvalue weighted by Crippen LogP contribution is -2.35. The van der Waals surface area contributed by atoms with Gasteiger partial charge in [-0.3, -0.25) is 15.5 Å². The average Bonchev–Trinajstić information content (AvgIpc) is 1.65. The van der Waals surface area contributed by atoms with Gasteiger partial charge in [-0.15, -0.1) is 0 Å².